The molecule has 0 radical (unpaired) electrons. The predicted molar refractivity (Wildman–Crippen MR) is 59.7 cm³/mol. The maximum Gasteiger partial charge on any atom is 0.426 e. The van der Waals surface area contributed by atoms with Gasteiger partial charge in [-0.3, -0.25) is 0 Å². The van der Waals surface area contributed by atoms with E-state index in [1.54, 1.807) is 0 Å². The van der Waals surface area contributed by atoms with Gasteiger partial charge in [0, 0.05) is 0 Å². The maximum absolute atomic E-state index is 12.4. The first-order valence-corrected chi connectivity index (χ1v) is 5.51. The molecule has 1 unspecified atom stereocenters. The van der Waals surface area contributed by atoms with E-state index >= 15 is 0 Å². The maximum atomic E-state index is 12.4. The smallest absolute Gasteiger partial charge is 0.372 e. The zero-order valence-electron chi connectivity index (χ0n) is 10.6. The average Bonchev–Trinajstić information content (AvgIpc) is 2.26. The summed E-state index contributed by atoms with van der Waals surface area (Å²) in [6.07, 6.45) is -7.58. The van der Waals surface area contributed by atoms with Crippen molar-refractivity contribution in [3.63, 3.8) is 0 Å². The molecule has 0 aromatic carbocycles. The van der Waals surface area contributed by atoms with E-state index in [4.69, 9.17) is 5.11 Å². The molecule has 19 heavy (non-hydrogen) atoms. The Bertz CT molecular complexity index is 345. The van der Waals surface area contributed by atoms with E-state index in [2.05, 4.69) is 0 Å². The van der Waals surface area contributed by atoms with Gasteiger partial charge in [0.25, 0.3) is 6.43 Å². The molecule has 1 atom stereocenters. The Morgan fingerprint density at radius 2 is 1.68 bits per heavy atom. The highest BCUT2D eigenvalue weighted by Crippen LogP contribution is 2.37. The van der Waals surface area contributed by atoms with Crippen LogP contribution in [-0.2, 0) is 0 Å². The molecule has 1 N–H and O–H groups in total. The molecule has 0 heterocycles. The van der Waals surface area contributed by atoms with Crippen LogP contribution in [0.15, 0.2) is 23.3 Å². The highest BCUT2D eigenvalue weighted by atomic mass is 19.4. The van der Waals surface area contributed by atoms with Crippen LogP contribution in [0, 0.1) is 0 Å². The normalized spacial score (nSPS) is 17.8. The fourth-order valence-electron chi connectivity index (χ4n) is 1.32. The van der Waals surface area contributed by atoms with Crippen LogP contribution in [-0.4, -0.2) is 30.0 Å². The van der Waals surface area contributed by atoms with Crippen molar-refractivity contribution in [1.82, 2.24) is 0 Å². The molecule has 0 saturated heterocycles. The number of hydrogen-bond acceptors (Lipinski definition) is 1. The van der Waals surface area contributed by atoms with Gasteiger partial charge in [-0.05, 0) is 38.3 Å². The average molecular weight is 290 g/mol. The van der Waals surface area contributed by atoms with Crippen molar-refractivity contribution in [2.75, 3.05) is 6.67 Å². The second-order valence-electron chi connectivity index (χ2n) is 4.34. The van der Waals surface area contributed by atoms with Crippen LogP contribution < -0.4 is 0 Å². The van der Waals surface area contributed by atoms with Gasteiger partial charge in [0.15, 0.2) is 0 Å². The van der Waals surface area contributed by atoms with Crippen molar-refractivity contribution in [3.8, 4) is 0 Å². The highest BCUT2D eigenvalue weighted by molar-refractivity contribution is 5.14. The highest BCUT2D eigenvalue weighted by Gasteiger charge is 2.59. The van der Waals surface area contributed by atoms with Crippen LogP contribution in [0.4, 0.5) is 26.3 Å². The fraction of sp³-hybridized carbons (Fsp3) is 0.667. The summed E-state index contributed by atoms with van der Waals surface area (Å²) in [6.45, 7) is 2.04. The van der Waals surface area contributed by atoms with Crippen molar-refractivity contribution in [3.05, 3.63) is 23.3 Å². The van der Waals surface area contributed by atoms with E-state index in [1.807, 2.05) is 0 Å². The molecule has 112 valence electrons. The van der Waals surface area contributed by atoms with Crippen molar-refractivity contribution in [1.29, 1.82) is 0 Å². The molecule has 1 nitrogen and oxygen atoms in total. The molecule has 0 rings (SSSR count). The first kappa shape index (κ1) is 18.0. The lowest BCUT2D eigenvalue weighted by Crippen LogP contribution is -2.49. The van der Waals surface area contributed by atoms with Gasteiger partial charge in [-0.15, -0.1) is 0 Å². The number of alkyl halides is 6. The van der Waals surface area contributed by atoms with Gasteiger partial charge >= 0.3 is 6.18 Å². The number of rotatable bonds is 6. The third kappa shape index (κ3) is 5.26. The summed E-state index contributed by atoms with van der Waals surface area (Å²) in [5.74, 6) is 0. The van der Waals surface area contributed by atoms with Crippen molar-refractivity contribution < 1.29 is 31.4 Å². The van der Waals surface area contributed by atoms with Gasteiger partial charge in [-0.2, -0.15) is 13.2 Å². The van der Waals surface area contributed by atoms with Gasteiger partial charge in [-0.25, -0.2) is 13.2 Å². The minimum atomic E-state index is -5.45. The molecule has 0 aliphatic heterocycles. The molecular formula is C12H16F6O. The lowest BCUT2D eigenvalue weighted by Gasteiger charge is -2.27. The Balaban J connectivity index is 4.88. The van der Waals surface area contributed by atoms with Crippen LogP contribution in [0.3, 0.4) is 0 Å². The topological polar surface area (TPSA) is 20.2 Å². The second kappa shape index (κ2) is 6.98. The summed E-state index contributed by atoms with van der Waals surface area (Å²) < 4.78 is 74.0. The molecule has 0 aliphatic rings. The van der Waals surface area contributed by atoms with Crippen molar-refractivity contribution >= 4 is 0 Å². The molecule has 0 spiro atoms. The summed E-state index contributed by atoms with van der Waals surface area (Å²) in [7, 11) is 0. The zero-order chi connectivity index (χ0) is 15.3. The molecule has 0 saturated carbocycles. The SMILES string of the molecule is CC(=CCCC(C)=CC(O)(C(F)F)C(F)(F)F)CF. The van der Waals surface area contributed by atoms with Crippen LogP contribution in [0.25, 0.3) is 0 Å². The monoisotopic (exact) mass is 290 g/mol. The minimum absolute atomic E-state index is 0.0302. The zero-order valence-corrected chi connectivity index (χ0v) is 10.6. The minimum Gasteiger partial charge on any atom is -0.372 e. The molecule has 0 fully saturated rings. The molecule has 0 bridgehead atoms. The van der Waals surface area contributed by atoms with Crippen LogP contribution in [0.5, 0.6) is 0 Å². The number of halogens is 6. The Hall–Kier alpha value is -0.980. The Kier molecular flexibility index (Phi) is 6.62. The summed E-state index contributed by atoms with van der Waals surface area (Å²) in [5.41, 5.74) is -3.77. The van der Waals surface area contributed by atoms with Crippen LogP contribution in [0.2, 0.25) is 0 Å². The lowest BCUT2D eigenvalue weighted by molar-refractivity contribution is -0.276. The third-order valence-corrected chi connectivity index (χ3v) is 2.50. The Morgan fingerprint density at radius 3 is 2.05 bits per heavy atom. The standard InChI is InChI=1S/C12H16F6O/c1-8(4-3-5-9(2)7-13)6-11(19,10(14)15)12(16,17)18/h5-6,10,19H,3-4,7H2,1-2H3. The second-order valence-corrected chi connectivity index (χ2v) is 4.34. The summed E-state index contributed by atoms with van der Waals surface area (Å²) in [6, 6.07) is 0. The molecular weight excluding hydrogens is 274 g/mol. The summed E-state index contributed by atoms with van der Waals surface area (Å²) in [5, 5.41) is 9.02. The van der Waals surface area contributed by atoms with E-state index < -0.39 is 24.9 Å². The number of allylic oxidation sites excluding steroid dienone is 3. The van der Waals surface area contributed by atoms with Gasteiger partial charge in [0.1, 0.15) is 6.67 Å². The number of hydrogen-bond donors (Lipinski definition) is 1. The Labute approximate surface area is 107 Å². The number of aliphatic hydroxyl groups is 1. The predicted octanol–water partition coefficient (Wildman–Crippen LogP) is 4.19. The summed E-state index contributed by atoms with van der Waals surface area (Å²) >= 11 is 0. The van der Waals surface area contributed by atoms with E-state index in [1.165, 1.54) is 19.9 Å². The van der Waals surface area contributed by atoms with E-state index in [0.717, 1.165) is 0 Å². The third-order valence-electron chi connectivity index (χ3n) is 2.50. The van der Waals surface area contributed by atoms with Gasteiger partial charge in [0.05, 0.1) is 0 Å². The largest absolute Gasteiger partial charge is 0.426 e. The Morgan fingerprint density at radius 1 is 1.16 bits per heavy atom. The van der Waals surface area contributed by atoms with E-state index in [0.29, 0.717) is 5.57 Å². The van der Waals surface area contributed by atoms with E-state index in [-0.39, 0.29) is 24.5 Å². The lowest BCUT2D eigenvalue weighted by atomic mass is 9.98. The van der Waals surface area contributed by atoms with Gasteiger partial charge in [0.2, 0.25) is 5.60 Å². The first-order chi connectivity index (χ1) is 8.54. The van der Waals surface area contributed by atoms with Crippen molar-refractivity contribution in [2.45, 2.75) is 44.9 Å². The molecule has 7 heteroatoms. The first-order valence-electron chi connectivity index (χ1n) is 5.51. The molecule has 0 aliphatic carbocycles. The molecule has 0 amide bonds. The van der Waals surface area contributed by atoms with Gasteiger partial charge < -0.3 is 5.11 Å². The molecule has 0 aromatic heterocycles. The van der Waals surface area contributed by atoms with Crippen LogP contribution in [0.1, 0.15) is 26.7 Å². The quantitative estimate of drug-likeness (QED) is 0.574. The van der Waals surface area contributed by atoms with Gasteiger partial charge in [-0.1, -0.05) is 11.6 Å². The van der Waals surface area contributed by atoms with Crippen LogP contribution >= 0.6 is 0 Å². The molecule has 0 aromatic rings. The van der Waals surface area contributed by atoms with Crippen molar-refractivity contribution in [2.24, 2.45) is 0 Å². The summed E-state index contributed by atoms with van der Waals surface area (Å²) in [4.78, 5) is 0. The van der Waals surface area contributed by atoms with E-state index in [9.17, 15) is 26.3 Å². The fourth-order valence-corrected chi connectivity index (χ4v) is 1.32.